The van der Waals surface area contributed by atoms with Gasteiger partial charge in [-0.2, -0.15) is 4.31 Å². The molecule has 5 heteroatoms. The number of sulfonamides is 1. The summed E-state index contributed by atoms with van der Waals surface area (Å²) in [6.45, 7) is 5.72. The molecule has 0 saturated heterocycles. The summed E-state index contributed by atoms with van der Waals surface area (Å²) in [4.78, 5) is 0.286. The van der Waals surface area contributed by atoms with Crippen LogP contribution in [0.1, 0.15) is 24.5 Å². The van der Waals surface area contributed by atoms with Crippen molar-refractivity contribution < 1.29 is 8.42 Å². The lowest BCUT2D eigenvalue weighted by Crippen LogP contribution is -2.27. The zero-order valence-corrected chi connectivity index (χ0v) is 13.1. The predicted octanol–water partition coefficient (Wildman–Crippen LogP) is 1.75. The third kappa shape index (κ3) is 4.07. The highest BCUT2D eigenvalue weighted by Crippen LogP contribution is 2.18. The molecule has 0 saturated carbocycles. The number of hydrogen-bond acceptors (Lipinski definition) is 3. The Balaban J connectivity index is 3.03. The fourth-order valence-electron chi connectivity index (χ4n) is 1.79. The van der Waals surface area contributed by atoms with Gasteiger partial charge in [0.2, 0.25) is 10.0 Å². The van der Waals surface area contributed by atoms with Gasteiger partial charge in [-0.3, -0.25) is 0 Å². The molecular formula is C15H22N2O2S. The van der Waals surface area contributed by atoms with Crippen molar-refractivity contribution in [3.05, 3.63) is 29.3 Å². The van der Waals surface area contributed by atoms with Crippen molar-refractivity contribution in [3.63, 3.8) is 0 Å². The number of nitrogens with zero attached hydrogens (tertiary/aromatic N) is 1. The second kappa shape index (κ2) is 7.44. The average molecular weight is 294 g/mol. The highest BCUT2D eigenvalue weighted by molar-refractivity contribution is 7.89. The van der Waals surface area contributed by atoms with Gasteiger partial charge in [0.25, 0.3) is 0 Å². The summed E-state index contributed by atoms with van der Waals surface area (Å²) in [5, 5.41) is 3.28. The van der Waals surface area contributed by atoms with E-state index in [0.717, 1.165) is 24.1 Å². The van der Waals surface area contributed by atoms with Gasteiger partial charge >= 0.3 is 0 Å². The Bertz CT molecular complexity index is 588. The van der Waals surface area contributed by atoms with Crippen molar-refractivity contribution in [1.82, 2.24) is 9.62 Å². The zero-order valence-electron chi connectivity index (χ0n) is 12.3. The minimum absolute atomic E-state index is 0.0691. The van der Waals surface area contributed by atoms with E-state index in [1.807, 2.05) is 13.0 Å². The van der Waals surface area contributed by atoms with Gasteiger partial charge < -0.3 is 5.32 Å². The SMILES string of the molecule is C#CCN(C)S(=O)(=O)c1ccc(C)c(CNCCC)c1. The van der Waals surface area contributed by atoms with Crippen LogP contribution in [-0.4, -0.2) is 32.9 Å². The summed E-state index contributed by atoms with van der Waals surface area (Å²) in [5.74, 6) is 2.35. The predicted molar refractivity (Wildman–Crippen MR) is 81.8 cm³/mol. The van der Waals surface area contributed by atoms with Crippen molar-refractivity contribution in [2.24, 2.45) is 0 Å². The van der Waals surface area contributed by atoms with E-state index in [4.69, 9.17) is 6.42 Å². The zero-order chi connectivity index (χ0) is 15.2. The van der Waals surface area contributed by atoms with Gasteiger partial charge in [-0.1, -0.05) is 18.9 Å². The lowest BCUT2D eigenvalue weighted by molar-refractivity contribution is 0.503. The molecule has 1 N–H and O–H groups in total. The van der Waals surface area contributed by atoms with E-state index in [-0.39, 0.29) is 11.4 Å². The average Bonchev–Trinajstić information content (AvgIpc) is 2.41. The largest absolute Gasteiger partial charge is 0.313 e. The van der Waals surface area contributed by atoms with E-state index in [1.165, 1.54) is 11.4 Å². The smallest absolute Gasteiger partial charge is 0.243 e. The molecule has 1 rings (SSSR count). The minimum atomic E-state index is -3.51. The molecule has 20 heavy (non-hydrogen) atoms. The maximum absolute atomic E-state index is 12.3. The number of terminal acetylenes is 1. The lowest BCUT2D eigenvalue weighted by Gasteiger charge is -2.16. The maximum atomic E-state index is 12.3. The van der Waals surface area contributed by atoms with E-state index in [2.05, 4.69) is 18.2 Å². The fraction of sp³-hybridized carbons (Fsp3) is 0.467. The molecule has 0 radical (unpaired) electrons. The molecule has 4 nitrogen and oxygen atoms in total. The molecule has 0 fully saturated rings. The monoisotopic (exact) mass is 294 g/mol. The van der Waals surface area contributed by atoms with Gasteiger partial charge in [0.05, 0.1) is 11.4 Å². The first kappa shape index (κ1) is 16.7. The summed E-state index contributed by atoms with van der Waals surface area (Å²) in [7, 11) is -2.02. The van der Waals surface area contributed by atoms with Crippen molar-refractivity contribution in [2.45, 2.75) is 31.7 Å². The van der Waals surface area contributed by atoms with Crippen molar-refractivity contribution in [1.29, 1.82) is 0 Å². The molecule has 0 amide bonds. The van der Waals surface area contributed by atoms with E-state index < -0.39 is 10.0 Å². The Labute approximate surface area is 122 Å². The Kier molecular flexibility index (Phi) is 6.21. The first-order chi connectivity index (χ1) is 9.43. The molecule has 1 aromatic rings. The molecule has 0 aromatic heterocycles. The molecule has 110 valence electrons. The van der Waals surface area contributed by atoms with E-state index in [0.29, 0.717) is 6.54 Å². The summed E-state index contributed by atoms with van der Waals surface area (Å²) >= 11 is 0. The topological polar surface area (TPSA) is 49.4 Å². The number of nitrogens with one attached hydrogen (secondary N) is 1. The Hall–Kier alpha value is -1.35. The van der Waals surface area contributed by atoms with Crippen molar-refractivity contribution >= 4 is 10.0 Å². The highest BCUT2D eigenvalue weighted by Gasteiger charge is 2.20. The molecule has 0 unspecified atom stereocenters. The van der Waals surface area contributed by atoms with Crippen LogP contribution in [0.25, 0.3) is 0 Å². The molecule has 0 aliphatic rings. The van der Waals surface area contributed by atoms with Crippen LogP contribution in [0.5, 0.6) is 0 Å². The van der Waals surface area contributed by atoms with Crippen molar-refractivity contribution in [2.75, 3.05) is 20.1 Å². The van der Waals surface area contributed by atoms with E-state index in [1.54, 1.807) is 12.1 Å². The molecule has 0 atom stereocenters. The summed E-state index contributed by atoms with van der Waals surface area (Å²) in [6, 6.07) is 5.18. The van der Waals surface area contributed by atoms with Crippen LogP contribution in [0, 0.1) is 19.3 Å². The normalized spacial score (nSPS) is 11.6. The summed E-state index contributed by atoms with van der Waals surface area (Å²) in [6.07, 6.45) is 6.22. The number of hydrogen-bond donors (Lipinski definition) is 1. The second-order valence-corrected chi connectivity index (χ2v) is 6.78. The molecule has 0 aliphatic heterocycles. The molecule has 0 bridgehead atoms. The van der Waals surface area contributed by atoms with Gasteiger partial charge in [0, 0.05) is 13.6 Å². The highest BCUT2D eigenvalue weighted by atomic mass is 32.2. The Morgan fingerprint density at radius 1 is 1.40 bits per heavy atom. The number of benzene rings is 1. The van der Waals surface area contributed by atoms with E-state index >= 15 is 0 Å². The van der Waals surface area contributed by atoms with Crippen LogP contribution in [0.2, 0.25) is 0 Å². The Morgan fingerprint density at radius 3 is 2.70 bits per heavy atom. The van der Waals surface area contributed by atoms with Crippen LogP contribution >= 0.6 is 0 Å². The fourth-order valence-corrected chi connectivity index (χ4v) is 2.93. The van der Waals surface area contributed by atoms with Gasteiger partial charge in [-0.25, -0.2) is 8.42 Å². The molecular weight excluding hydrogens is 272 g/mol. The van der Waals surface area contributed by atoms with Gasteiger partial charge in [-0.15, -0.1) is 6.42 Å². The maximum Gasteiger partial charge on any atom is 0.243 e. The third-order valence-corrected chi connectivity index (χ3v) is 4.88. The number of aryl methyl sites for hydroxylation is 1. The first-order valence-corrected chi connectivity index (χ1v) is 8.07. The van der Waals surface area contributed by atoms with Gasteiger partial charge in [0.15, 0.2) is 0 Å². The lowest BCUT2D eigenvalue weighted by atomic mass is 10.1. The number of rotatable bonds is 7. The van der Waals surface area contributed by atoms with Crippen LogP contribution < -0.4 is 5.32 Å². The van der Waals surface area contributed by atoms with Crippen LogP contribution in [0.15, 0.2) is 23.1 Å². The van der Waals surface area contributed by atoms with Crippen LogP contribution in [-0.2, 0) is 16.6 Å². The standard InChI is InChI=1S/C15H22N2O2S/c1-5-9-16-12-14-11-15(8-7-13(14)3)20(18,19)17(4)10-6-2/h2,7-8,11,16H,5,9-10,12H2,1,3-4H3. The Morgan fingerprint density at radius 2 is 2.10 bits per heavy atom. The molecule has 1 aromatic carbocycles. The van der Waals surface area contributed by atoms with Gasteiger partial charge in [-0.05, 0) is 43.1 Å². The quantitative estimate of drug-likeness (QED) is 0.616. The second-order valence-electron chi connectivity index (χ2n) is 4.73. The van der Waals surface area contributed by atoms with Gasteiger partial charge in [0.1, 0.15) is 0 Å². The molecule has 0 heterocycles. The summed E-state index contributed by atoms with van der Waals surface area (Å²) in [5.41, 5.74) is 2.07. The summed E-state index contributed by atoms with van der Waals surface area (Å²) < 4.78 is 25.8. The van der Waals surface area contributed by atoms with Crippen LogP contribution in [0.4, 0.5) is 0 Å². The minimum Gasteiger partial charge on any atom is -0.313 e. The molecule has 0 aliphatic carbocycles. The first-order valence-electron chi connectivity index (χ1n) is 6.63. The van der Waals surface area contributed by atoms with E-state index in [9.17, 15) is 8.42 Å². The molecule has 0 spiro atoms. The van der Waals surface area contributed by atoms with Crippen molar-refractivity contribution in [3.8, 4) is 12.3 Å². The van der Waals surface area contributed by atoms with Crippen LogP contribution in [0.3, 0.4) is 0 Å². The third-order valence-electron chi connectivity index (χ3n) is 3.08.